The van der Waals surface area contributed by atoms with E-state index in [4.69, 9.17) is 14.7 Å². The quantitative estimate of drug-likeness (QED) is 0.513. The van der Waals surface area contributed by atoms with Gasteiger partial charge in [0, 0.05) is 10.0 Å². The van der Waals surface area contributed by atoms with Crippen molar-refractivity contribution in [1.29, 1.82) is 0 Å². The highest BCUT2D eigenvalue weighted by molar-refractivity contribution is 9.10. The minimum absolute atomic E-state index is 0.434. The number of hydrogen-bond donors (Lipinski definition) is 1. The first-order valence-corrected chi connectivity index (χ1v) is 6.75. The molecule has 4 nitrogen and oxygen atoms in total. The largest absolute Gasteiger partial charge is 0.493 e. The zero-order valence-corrected chi connectivity index (χ0v) is 12.5. The van der Waals surface area contributed by atoms with Gasteiger partial charge in [-0.05, 0) is 35.9 Å². The fourth-order valence-corrected chi connectivity index (χ4v) is 1.96. The summed E-state index contributed by atoms with van der Waals surface area (Å²) in [5.41, 5.74) is 1.79. The van der Waals surface area contributed by atoms with Gasteiger partial charge in [-0.25, -0.2) is 0 Å². The number of rotatable bonds is 5. The molecular formula is C15H14BrNO3. The van der Waals surface area contributed by atoms with Crippen LogP contribution < -0.4 is 9.47 Å². The van der Waals surface area contributed by atoms with E-state index in [0.29, 0.717) is 18.1 Å². The SMILES string of the molecule is COc1ccc(/C=N\O)cc1OCc1ccc(Br)cc1. The van der Waals surface area contributed by atoms with Crippen LogP contribution in [0.4, 0.5) is 0 Å². The molecule has 2 aromatic rings. The Morgan fingerprint density at radius 3 is 2.55 bits per heavy atom. The van der Waals surface area contributed by atoms with Crippen LogP contribution in [0.15, 0.2) is 52.1 Å². The lowest BCUT2D eigenvalue weighted by atomic mass is 10.2. The first-order chi connectivity index (χ1) is 9.72. The number of methoxy groups -OCH3 is 1. The monoisotopic (exact) mass is 335 g/mol. The summed E-state index contributed by atoms with van der Waals surface area (Å²) in [5.74, 6) is 1.24. The summed E-state index contributed by atoms with van der Waals surface area (Å²) in [4.78, 5) is 0. The number of halogens is 1. The van der Waals surface area contributed by atoms with Crippen molar-refractivity contribution in [2.45, 2.75) is 6.61 Å². The molecule has 0 aliphatic heterocycles. The molecule has 5 heteroatoms. The molecule has 0 atom stereocenters. The van der Waals surface area contributed by atoms with Crippen molar-refractivity contribution in [3.63, 3.8) is 0 Å². The van der Waals surface area contributed by atoms with E-state index in [1.807, 2.05) is 24.3 Å². The molecule has 1 N–H and O–H groups in total. The minimum atomic E-state index is 0.434. The lowest BCUT2D eigenvalue weighted by Gasteiger charge is -2.11. The summed E-state index contributed by atoms with van der Waals surface area (Å²) < 4.78 is 12.0. The second-order valence-corrected chi connectivity index (χ2v) is 4.99. The van der Waals surface area contributed by atoms with Gasteiger partial charge in [-0.1, -0.05) is 33.2 Å². The summed E-state index contributed by atoms with van der Waals surface area (Å²) in [7, 11) is 1.58. The number of hydrogen-bond acceptors (Lipinski definition) is 4. The molecule has 0 heterocycles. The molecule has 0 unspecified atom stereocenters. The fraction of sp³-hybridized carbons (Fsp3) is 0.133. The second kappa shape index (κ2) is 6.96. The molecule has 0 aromatic heterocycles. The number of ether oxygens (including phenoxy) is 2. The summed E-state index contributed by atoms with van der Waals surface area (Å²) in [5, 5.41) is 11.6. The lowest BCUT2D eigenvalue weighted by Crippen LogP contribution is -1.98. The molecule has 0 aliphatic rings. The zero-order chi connectivity index (χ0) is 14.4. The predicted octanol–water partition coefficient (Wildman–Crippen LogP) is 3.84. The zero-order valence-electron chi connectivity index (χ0n) is 10.9. The van der Waals surface area contributed by atoms with Gasteiger partial charge in [0.25, 0.3) is 0 Å². The van der Waals surface area contributed by atoms with E-state index in [1.54, 1.807) is 25.3 Å². The Kier molecular flexibility index (Phi) is 5.01. The van der Waals surface area contributed by atoms with E-state index in [1.165, 1.54) is 6.21 Å². The van der Waals surface area contributed by atoms with Crippen molar-refractivity contribution in [2.75, 3.05) is 7.11 Å². The topological polar surface area (TPSA) is 51.0 Å². The smallest absolute Gasteiger partial charge is 0.162 e. The third kappa shape index (κ3) is 3.74. The fourth-order valence-electron chi connectivity index (χ4n) is 1.69. The van der Waals surface area contributed by atoms with Gasteiger partial charge in [-0.2, -0.15) is 0 Å². The van der Waals surface area contributed by atoms with E-state index in [0.717, 1.165) is 15.6 Å². The van der Waals surface area contributed by atoms with Crippen molar-refractivity contribution in [3.8, 4) is 11.5 Å². The van der Waals surface area contributed by atoms with E-state index in [2.05, 4.69) is 21.1 Å². The Labute approximate surface area is 125 Å². The maximum Gasteiger partial charge on any atom is 0.162 e. The Morgan fingerprint density at radius 1 is 1.15 bits per heavy atom. The Bertz CT molecular complexity index is 597. The van der Waals surface area contributed by atoms with E-state index in [9.17, 15) is 0 Å². The molecule has 0 spiro atoms. The molecule has 2 rings (SSSR count). The van der Waals surface area contributed by atoms with Crippen LogP contribution >= 0.6 is 15.9 Å². The molecule has 0 fully saturated rings. The van der Waals surface area contributed by atoms with Crippen LogP contribution in [0.25, 0.3) is 0 Å². The van der Waals surface area contributed by atoms with Crippen molar-refractivity contribution in [2.24, 2.45) is 5.16 Å². The van der Waals surface area contributed by atoms with Crippen LogP contribution in [0.3, 0.4) is 0 Å². The molecule has 0 aliphatic carbocycles. The molecule has 0 amide bonds. The normalized spacial score (nSPS) is 10.7. The summed E-state index contributed by atoms with van der Waals surface area (Å²) in [6, 6.07) is 13.2. The first-order valence-electron chi connectivity index (χ1n) is 5.95. The van der Waals surface area contributed by atoms with Crippen LogP contribution in [0, 0.1) is 0 Å². The third-order valence-corrected chi connectivity index (χ3v) is 3.23. The van der Waals surface area contributed by atoms with E-state index >= 15 is 0 Å². The highest BCUT2D eigenvalue weighted by Crippen LogP contribution is 2.28. The van der Waals surface area contributed by atoms with Crippen LogP contribution in [0.5, 0.6) is 11.5 Å². The van der Waals surface area contributed by atoms with E-state index in [-0.39, 0.29) is 0 Å². The van der Waals surface area contributed by atoms with Gasteiger partial charge in [0.15, 0.2) is 11.5 Å². The number of nitrogens with zero attached hydrogens (tertiary/aromatic N) is 1. The van der Waals surface area contributed by atoms with Gasteiger partial charge >= 0.3 is 0 Å². The summed E-state index contributed by atoms with van der Waals surface area (Å²) in [6.07, 6.45) is 1.34. The van der Waals surface area contributed by atoms with Crippen LogP contribution in [-0.4, -0.2) is 18.5 Å². The molecule has 0 saturated heterocycles. The van der Waals surface area contributed by atoms with Crippen molar-refractivity contribution >= 4 is 22.1 Å². The van der Waals surface area contributed by atoms with Gasteiger partial charge in [-0.15, -0.1) is 0 Å². The molecule has 104 valence electrons. The van der Waals surface area contributed by atoms with Crippen LogP contribution in [-0.2, 0) is 6.61 Å². The average Bonchev–Trinajstić information content (AvgIpc) is 2.47. The highest BCUT2D eigenvalue weighted by atomic mass is 79.9. The average molecular weight is 336 g/mol. The van der Waals surface area contributed by atoms with Crippen molar-refractivity contribution < 1.29 is 14.7 Å². The van der Waals surface area contributed by atoms with E-state index < -0.39 is 0 Å². The molecule has 0 bridgehead atoms. The van der Waals surface area contributed by atoms with Gasteiger partial charge < -0.3 is 14.7 Å². The van der Waals surface area contributed by atoms with Crippen LogP contribution in [0.2, 0.25) is 0 Å². The third-order valence-electron chi connectivity index (χ3n) is 2.70. The highest BCUT2D eigenvalue weighted by Gasteiger charge is 2.05. The molecule has 0 radical (unpaired) electrons. The van der Waals surface area contributed by atoms with Gasteiger partial charge in [0.05, 0.1) is 13.3 Å². The van der Waals surface area contributed by atoms with Gasteiger partial charge in [0.2, 0.25) is 0 Å². The maximum atomic E-state index is 8.56. The van der Waals surface area contributed by atoms with Crippen LogP contribution in [0.1, 0.15) is 11.1 Å². The Balaban J connectivity index is 2.14. The summed E-state index contributed by atoms with van der Waals surface area (Å²) >= 11 is 3.39. The summed E-state index contributed by atoms with van der Waals surface area (Å²) in [6.45, 7) is 0.434. The Morgan fingerprint density at radius 2 is 1.90 bits per heavy atom. The minimum Gasteiger partial charge on any atom is -0.493 e. The van der Waals surface area contributed by atoms with Gasteiger partial charge in [0.1, 0.15) is 6.61 Å². The predicted molar refractivity (Wildman–Crippen MR) is 80.8 cm³/mol. The number of oxime groups is 1. The maximum absolute atomic E-state index is 8.56. The van der Waals surface area contributed by atoms with Gasteiger partial charge in [-0.3, -0.25) is 0 Å². The molecule has 20 heavy (non-hydrogen) atoms. The molecule has 2 aromatic carbocycles. The molecule has 0 saturated carbocycles. The first kappa shape index (κ1) is 14.4. The molecular weight excluding hydrogens is 322 g/mol. The number of benzene rings is 2. The van der Waals surface area contributed by atoms with Crippen molar-refractivity contribution in [1.82, 2.24) is 0 Å². The lowest BCUT2D eigenvalue weighted by molar-refractivity contribution is 0.284. The standard InChI is InChI=1S/C15H14BrNO3/c1-19-14-7-4-12(9-17-18)8-15(14)20-10-11-2-5-13(16)6-3-11/h2-9,18H,10H2,1H3/b17-9-. The van der Waals surface area contributed by atoms with Crippen molar-refractivity contribution in [3.05, 3.63) is 58.1 Å². The Hall–Kier alpha value is -2.01. The second-order valence-electron chi connectivity index (χ2n) is 4.07.